The Hall–Kier alpha value is -3.94. The number of benzene rings is 3. The number of aryl methyl sites for hydroxylation is 1. The zero-order valence-corrected chi connectivity index (χ0v) is 19.6. The van der Waals surface area contributed by atoms with Crippen LogP contribution in [0.5, 0.6) is 0 Å². The first-order valence-electron chi connectivity index (χ1n) is 10.8. The minimum Gasteiger partial charge on any atom is -0.399 e. The number of carbonyl (C=O) groups is 1. The Bertz CT molecular complexity index is 1240. The van der Waals surface area contributed by atoms with Gasteiger partial charge in [-0.15, -0.1) is 0 Å². The molecule has 0 bridgehead atoms. The van der Waals surface area contributed by atoms with Gasteiger partial charge in [0.05, 0.1) is 11.3 Å². The first kappa shape index (κ1) is 25.7. The Kier molecular flexibility index (Phi) is 8.41. The highest BCUT2D eigenvalue weighted by Gasteiger charge is 2.34. The average Bonchev–Trinajstić information content (AvgIpc) is 2.83. The summed E-state index contributed by atoms with van der Waals surface area (Å²) in [7, 11) is 1.33. The lowest BCUT2D eigenvalue weighted by Crippen LogP contribution is -2.13. The zero-order valence-electron chi connectivity index (χ0n) is 19.6. The molecule has 0 aliphatic rings. The molecule has 3 aromatic rings. The van der Waals surface area contributed by atoms with Gasteiger partial charge in [-0.2, -0.15) is 13.2 Å². The molecule has 3 aromatic carbocycles. The maximum absolute atomic E-state index is 13.9. The number of alkyl halides is 3. The average molecular weight is 483 g/mol. The van der Waals surface area contributed by atoms with E-state index in [1.54, 1.807) is 18.2 Å². The van der Waals surface area contributed by atoms with Crippen molar-refractivity contribution in [1.82, 2.24) is 0 Å². The van der Waals surface area contributed by atoms with Crippen LogP contribution in [0.4, 0.5) is 13.2 Å². The highest BCUT2D eigenvalue weighted by atomic mass is 19.4. The monoisotopic (exact) mass is 482 g/mol. The van der Waals surface area contributed by atoms with E-state index in [1.165, 1.54) is 20.1 Å². The Balaban J connectivity index is 1.86. The topological polar surface area (TPSA) is 60.2 Å². The summed E-state index contributed by atoms with van der Waals surface area (Å²) < 4.78 is 41.6. The first-order chi connectivity index (χ1) is 16.7. The van der Waals surface area contributed by atoms with Gasteiger partial charge >= 0.3 is 6.18 Å². The van der Waals surface area contributed by atoms with Gasteiger partial charge in [-0.1, -0.05) is 71.0 Å². The van der Waals surface area contributed by atoms with Gasteiger partial charge in [-0.05, 0) is 43.0 Å². The first-order valence-corrected chi connectivity index (χ1v) is 10.8. The van der Waals surface area contributed by atoms with E-state index in [2.05, 4.69) is 10.3 Å². The van der Waals surface area contributed by atoms with Crippen LogP contribution < -0.4 is 0 Å². The molecule has 0 heterocycles. The van der Waals surface area contributed by atoms with Crippen molar-refractivity contribution >= 4 is 17.7 Å². The molecule has 0 spiro atoms. The predicted octanol–water partition coefficient (Wildman–Crippen LogP) is 6.09. The van der Waals surface area contributed by atoms with Crippen molar-refractivity contribution in [1.29, 1.82) is 0 Å². The van der Waals surface area contributed by atoms with Crippen molar-refractivity contribution in [2.24, 2.45) is 10.3 Å². The molecule has 0 N–H and O–H groups in total. The van der Waals surface area contributed by atoms with Gasteiger partial charge < -0.3 is 9.68 Å². The van der Waals surface area contributed by atoms with E-state index in [9.17, 15) is 18.0 Å². The van der Waals surface area contributed by atoms with Gasteiger partial charge in [0.2, 0.25) is 0 Å². The van der Waals surface area contributed by atoms with Crippen LogP contribution in [-0.4, -0.2) is 24.8 Å². The lowest BCUT2D eigenvalue weighted by atomic mass is 9.97. The van der Waals surface area contributed by atoms with Gasteiger partial charge in [0.25, 0.3) is 0 Å². The molecule has 0 atom stereocenters. The Morgan fingerprint density at radius 1 is 0.943 bits per heavy atom. The summed E-state index contributed by atoms with van der Waals surface area (Å²) in [5.41, 5.74) is 2.71. The molecule has 182 valence electrons. The Morgan fingerprint density at radius 2 is 1.69 bits per heavy atom. The summed E-state index contributed by atoms with van der Waals surface area (Å²) >= 11 is 0. The maximum atomic E-state index is 13.9. The van der Waals surface area contributed by atoms with Crippen molar-refractivity contribution in [2.45, 2.75) is 33.1 Å². The van der Waals surface area contributed by atoms with E-state index in [0.29, 0.717) is 29.4 Å². The quantitative estimate of drug-likeness (QED) is 0.211. The summed E-state index contributed by atoms with van der Waals surface area (Å²) in [6.07, 6.45) is -3.62. The molecule has 0 amide bonds. The molecule has 0 saturated carbocycles. The molecular formula is C27H25F3N2O3. The maximum Gasteiger partial charge on any atom is 0.417 e. The molecular weight excluding hydrogens is 457 g/mol. The van der Waals surface area contributed by atoms with E-state index in [1.807, 2.05) is 43.3 Å². The van der Waals surface area contributed by atoms with Crippen LogP contribution in [0.25, 0.3) is 0 Å². The lowest BCUT2D eigenvalue weighted by Gasteiger charge is -2.15. The Morgan fingerprint density at radius 3 is 2.34 bits per heavy atom. The number of hydrogen-bond donors (Lipinski definition) is 0. The smallest absolute Gasteiger partial charge is 0.399 e. The van der Waals surface area contributed by atoms with Crippen LogP contribution in [-0.2, 0) is 33.7 Å². The van der Waals surface area contributed by atoms with Crippen molar-refractivity contribution in [3.63, 3.8) is 0 Å². The third-order valence-corrected chi connectivity index (χ3v) is 5.43. The van der Waals surface area contributed by atoms with Crippen LogP contribution in [0.3, 0.4) is 0 Å². The van der Waals surface area contributed by atoms with E-state index < -0.39 is 11.7 Å². The Labute approximate surface area is 201 Å². The molecule has 3 rings (SSSR count). The largest absolute Gasteiger partial charge is 0.417 e. The number of nitrogens with zero attached hydrogens (tertiary/aromatic N) is 2. The highest BCUT2D eigenvalue weighted by molar-refractivity contribution is 6.36. The van der Waals surface area contributed by atoms with Crippen molar-refractivity contribution in [2.75, 3.05) is 7.11 Å². The van der Waals surface area contributed by atoms with Crippen LogP contribution in [0, 0.1) is 6.92 Å². The third-order valence-electron chi connectivity index (χ3n) is 5.43. The number of rotatable bonds is 9. The number of oxime groups is 2. The van der Waals surface area contributed by atoms with Crippen molar-refractivity contribution in [3.8, 4) is 0 Å². The minimum atomic E-state index is -4.56. The lowest BCUT2D eigenvalue weighted by molar-refractivity contribution is -0.137. The molecule has 0 aromatic heterocycles. The molecule has 0 aliphatic heterocycles. The summed E-state index contributed by atoms with van der Waals surface area (Å²) in [6, 6.07) is 18.8. The van der Waals surface area contributed by atoms with Crippen molar-refractivity contribution < 1.29 is 27.6 Å². The minimum absolute atomic E-state index is 0.0613. The van der Waals surface area contributed by atoms with E-state index in [0.717, 1.165) is 17.2 Å². The fourth-order valence-corrected chi connectivity index (χ4v) is 3.69. The number of hydrogen-bond acceptors (Lipinski definition) is 5. The molecule has 5 nitrogen and oxygen atoms in total. The molecule has 0 aliphatic carbocycles. The van der Waals surface area contributed by atoms with Gasteiger partial charge in [-0.25, -0.2) is 0 Å². The van der Waals surface area contributed by atoms with E-state index in [-0.39, 0.29) is 23.6 Å². The second-order valence-corrected chi connectivity index (χ2v) is 7.87. The van der Waals surface area contributed by atoms with Crippen LogP contribution in [0.1, 0.15) is 45.9 Å². The van der Waals surface area contributed by atoms with Gasteiger partial charge in [0.1, 0.15) is 19.4 Å². The molecule has 0 radical (unpaired) electrons. The third kappa shape index (κ3) is 6.56. The summed E-state index contributed by atoms with van der Waals surface area (Å²) in [5, 5.41) is 7.66. The number of halogens is 3. The van der Waals surface area contributed by atoms with E-state index in [4.69, 9.17) is 9.68 Å². The van der Waals surface area contributed by atoms with Crippen molar-refractivity contribution in [3.05, 3.63) is 106 Å². The molecule has 0 unspecified atom stereocenters. The van der Waals surface area contributed by atoms with Crippen LogP contribution in [0.2, 0.25) is 0 Å². The fourth-order valence-electron chi connectivity index (χ4n) is 3.69. The summed E-state index contributed by atoms with van der Waals surface area (Å²) in [4.78, 5) is 21.6. The second kappa shape index (κ2) is 11.5. The summed E-state index contributed by atoms with van der Waals surface area (Å²) in [5.74, 6) is 0. The summed E-state index contributed by atoms with van der Waals surface area (Å²) in [6.45, 7) is 3.22. The van der Waals surface area contributed by atoms with Gasteiger partial charge in [0.15, 0.2) is 6.29 Å². The SMILES string of the molecule is CO/N=C(/C=O)c1cccc(C)c1CO/N=C(\C)c1ccc(Cc2ccccc2)cc1C(F)(F)F. The number of aldehydes is 1. The van der Waals surface area contributed by atoms with Gasteiger partial charge in [-0.3, -0.25) is 4.79 Å². The van der Waals surface area contributed by atoms with Crippen LogP contribution in [0.15, 0.2) is 77.0 Å². The second-order valence-electron chi connectivity index (χ2n) is 7.87. The molecule has 0 saturated heterocycles. The van der Waals surface area contributed by atoms with Crippen LogP contribution >= 0.6 is 0 Å². The highest BCUT2D eigenvalue weighted by Crippen LogP contribution is 2.33. The zero-order chi connectivity index (χ0) is 25.4. The fraction of sp³-hybridized carbons (Fsp3) is 0.222. The predicted molar refractivity (Wildman–Crippen MR) is 128 cm³/mol. The molecule has 0 fully saturated rings. The van der Waals surface area contributed by atoms with E-state index >= 15 is 0 Å². The molecule has 35 heavy (non-hydrogen) atoms. The standard InChI is InChI=1S/C27H25F3N2O3/c1-18-8-7-11-23(26(16-33)32-34-3)24(18)17-35-31-19(2)22-13-12-21(15-25(22)27(28,29)30)14-20-9-5-4-6-10-20/h4-13,15-16H,14,17H2,1-3H3/b31-19+,32-26-. The van der Waals surface area contributed by atoms with Gasteiger partial charge in [0, 0.05) is 16.7 Å². The normalized spacial score (nSPS) is 12.4. The number of carbonyl (C=O) groups excluding carboxylic acids is 1. The molecule has 8 heteroatoms.